The maximum Gasteiger partial charge on any atom is 0.309 e. The molecule has 0 bridgehead atoms. The second-order valence-corrected chi connectivity index (χ2v) is 3.88. The van der Waals surface area contributed by atoms with Gasteiger partial charge in [-0.2, -0.15) is 5.10 Å². The Balaban J connectivity index is 1.97. The van der Waals surface area contributed by atoms with Gasteiger partial charge in [-0.25, -0.2) is 4.98 Å². The number of aromatic nitrogens is 3. The minimum Gasteiger partial charge on any atom is -0.481 e. The quantitative estimate of drug-likeness (QED) is 0.732. The Morgan fingerprint density at radius 1 is 1.39 bits per heavy atom. The summed E-state index contributed by atoms with van der Waals surface area (Å²) in [5.41, 5.74) is 3.56. The Labute approximate surface area is 101 Å². The number of nitrogens with one attached hydrogen (secondary N) is 1. The largest absolute Gasteiger partial charge is 0.481 e. The summed E-state index contributed by atoms with van der Waals surface area (Å²) >= 11 is 0. The summed E-state index contributed by atoms with van der Waals surface area (Å²) in [5, 5.41) is 15.5. The van der Waals surface area contributed by atoms with Crippen molar-refractivity contribution in [2.24, 2.45) is 0 Å². The van der Waals surface area contributed by atoms with Crippen molar-refractivity contribution in [3.63, 3.8) is 0 Å². The zero-order chi connectivity index (χ0) is 12.5. The first kappa shape index (κ1) is 10.5. The van der Waals surface area contributed by atoms with Gasteiger partial charge in [-0.3, -0.25) is 9.89 Å². The normalized spacial score (nSPS) is 10.9. The van der Waals surface area contributed by atoms with Crippen LogP contribution in [0.4, 0.5) is 0 Å². The van der Waals surface area contributed by atoms with Crippen LogP contribution in [-0.2, 0) is 11.2 Å². The topological polar surface area (TPSA) is 92.0 Å². The fourth-order valence-corrected chi connectivity index (χ4v) is 1.78. The zero-order valence-electron chi connectivity index (χ0n) is 9.25. The molecule has 0 fully saturated rings. The van der Waals surface area contributed by atoms with E-state index in [1.54, 1.807) is 6.07 Å². The van der Waals surface area contributed by atoms with Gasteiger partial charge in [0, 0.05) is 11.3 Å². The molecule has 0 aliphatic heterocycles. The Bertz CT molecular complexity index is 714. The number of hydrogen-bond acceptors (Lipinski definition) is 4. The van der Waals surface area contributed by atoms with Crippen molar-refractivity contribution in [2.75, 3.05) is 0 Å². The van der Waals surface area contributed by atoms with Crippen LogP contribution in [0.25, 0.3) is 22.4 Å². The molecule has 6 nitrogen and oxygen atoms in total. The van der Waals surface area contributed by atoms with Gasteiger partial charge in [0.1, 0.15) is 5.52 Å². The number of aromatic amines is 1. The number of nitrogens with zero attached hydrogens (tertiary/aromatic N) is 2. The standard InChI is InChI=1S/C12H9N3O3/c16-12(17)5-8-4-10(15-14-8)7-1-2-9-11(3-7)18-6-13-9/h1-4,6H,5H2,(H,14,15)(H,16,17). The molecule has 0 unspecified atom stereocenters. The first-order valence-corrected chi connectivity index (χ1v) is 5.32. The molecule has 0 saturated heterocycles. The average molecular weight is 243 g/mol. The third-order valence-electron chi connectivity index (χ3n) is 2.60. The molecule has 1 aromatic carbocycles. The van der Waals surface area contributed by atoms with Crippen molar-refractivity contribution in [3.05, 3.63) is 36.4 Å². The number of carbonyl (C=O) groups is 1. The van der Waals surface area contributed by atoms with Crippen LogP contribution in [0.15, 0.2) is 35.1 Å². The number of H-pyrrole nitrogens is 1. The molecule has 2 heterocycles. The van der Waals surface area contributed by atoms with Crippen LogP contribution in [-0.4, -0.2) is 26.3 Å². The first-order chi connectivity index (χ1) is 8.72. The molecule has 0 aliphatic carbocycles. The molecular formula is C12H9N3O3. The van der Waals surface area contributed by atoms with Crippen LogP contribution >= 0.6 is 0 Å². The van der Waals surface area contributed by atoms with Gasteiger partial charge in [0.2, 0.25) is 0 Å². The second kappa shape index (κ2) is 3.99. The maximum absolute atomic E-state index is 10.6. The SMILES string of the molecule is O=C(O)Cc1cc(-c2ccc3ncoc3c2)n[nH]1. The van der Waals surface area contributed by atoms with Crippen LogP contribution < -0.4 is 0 Å². The van der Waals surface area contributed by atoms with Crippen molar-refractivity contribution in [1.82, 2.24) is 15.2 Å². The van der Waals surface area contributed by atoms with Gasteiger partial charge < -0.3 is 9.52 Å². The molecule has 6 heteroatoms. The van der Waals surface area contributed by atoms with Crippen LogP contribution in [0.1, 0.15) is 5.69 Å². The summed E-state index contributed by atoms with van der Waals surface area (Å²) in [5.74, 6) is -0.893. The average Bonchev–Trinajstić information content (AvgIpc) is 2.95. The Hall–Kier alpha value is -2.63. The molecule has 2 N–H and O–H groups in total. The minimum atomic E-state index is -0.893. The molecular weight excluding hydrogens is 234 g/mol. The molecule has 0 saturated carbocycles. The molecule has 0 spiro atoms. The molecule has 3 aromatic rings. The van der Waals surface area contributed by atoms with E-state index >= 15 is 0 Å². The van der Waals surface area contributed by atoms with Gasteiger partial charge in [0.15, 0.2) is 12.0 Å². The summed E-state index contributed by atoms with van der Waals surface area (Å²) in [6.07, 6.45) is 1.31. The lowest BCUT2D eigenvalue weighted by Crippen LogP contribution is -1.99. The summed E-state index contributed by atoms with van der Waals surface area (Å²) < 4.78 is 5.21. The number of fused-ring (bicyclic) bond motifs is 1. The Kier molecular flexibility index (Phi) is 2.33. The van der Waals surface area contributed by atoms with E-state index in [4.69, 9.17) is 9.52 Å². The fraction of sp³-hybridized carbons (Fsp3) is 0.0833. The van der Waals surface area contributed by atoms with Gasteiger partial charge in [0.05, 0.1) is 12.1 Å². The highest BCUT2D eigenvalue weighted by atomic mass is 16.4. The van der Waals surface area contributed by atoms with Gasteiger partial charge in [0.25, 0.3) is 0 Å². The highest BCUT2D eigenvalue weighted by molar-refractivity contribution is 5.79. The number of benzene rings is 1. The van der Waals surface area contributed by atoms with Crippen LogP contribution in [0, 0.1) is 0 Å². The van der Waals surface area contributed by atoms with E-state index in [1.165, 1.54) is 6.39 Å². The van der Waals surface area contributed by atoms with Gasteiger partial charge in [-0.05, 0) is 18.2 Å². The molecule has 0 radical (unpaired) electrons. The van der Waals surface area contributed by atoms with Gasteiger partial charge in [-0.1, -0.05) is 6.07 Å². The summed E-state index contributed by atoms with van der Waals surface area (Å²) in [7, 11) is 0. The lowest BCUT2D eigenvalue weighted by atomic mass is 10.1. The van der Waals surface area contributed by atoms with E-state index in [-0.39, 0.29) is 6.42 Å². The molecule has 2 aromatic heterocycles. The lowest BCUT2D eigenvalue weighted by molar-refractivity contribution is -0.136. The molecule has 3 rings (SSSR count). The van der Waals surface area contributed by atoms with Crippen molar-refractivity contribution in [1.29, 1.82) is 0 Å². The van der Waals surface area contributed by atoms with E-state index < -0.39 is 5.97 Å². The lowest BCUT2D eigenvalue weighted by Gasteiger charge is -1.94. The zero-order valence-corrected chi connectivity index (χ0v) is 9.25. The molecule has 0 aliphatic rings. The number of carboxylic acids is 1. The second-order valence-electron chi connectivity index (χ2n) is 3.88. The van der Waals surface area contributed by atoms with Crippen LogP contribution in [0.3, 0.4) is 0 Å². The summed E-state index contributed by atoms with van der Waals surface area (Å²) in [6, 6.07) is 7.24. The predicted octanol–water partition coefficient (Wildman–Crippen LogP) is 1.84. The monoisotopic (exact) mass is 243 g/mol. The third-order valence-corrected chi connectivity index (χ3v) is 2.60. The van der Waals surface area contributed by atoms with Gasteiger partial charge >= 0.3 is 5.97 Å². The highest BCUT2D eigenvalue weighted by Crippen LogP contribution is 2.22. The van der Waals surface area contributed by atoms with Gasteiger partial charge in [-0.15, -0.1) is 0 Å². The minimum absolute atomic E-state index is 0.0719. The smallest absolute Gasteiger partial charge is 0.309 e. The van der Waals surface area contributed by atoms with E-state index in [9.17, 15) is 4.79 Å². The molecule has 18 heavy (non-hydrogen) atoms. The third kappa shape index (κ3) is 1.84. The van der Waals surface area contributed by atoms with Crippen molar-refractivity contribution < 1.29 is 14.3 Å². The van der Waals surface area contributed by atoms with Crippen molar-refractivity contribution in [3.8, 4) is 11.3 Å². The summed E-state index contributed by atoms with van der Waals surface area (Å²) in [4.78, 5) is 14.6. The van der Waals surface area contributed by atoms with E-state index in [1.807, 2.05) is 18.2 Å². The predicted molar refractivity (Wildman–Crippen MR) is 62.9 cm³/mol. The van der Waals surface area contributed by atoms with Crippen molar-refractivity contribution >= 4 is 17.1 Å². The van der Waals surface area contributed by atoms with E-state index in [0.29, 0.717) is 17.0 Å². The highest BCUT2D eigenvalue weighted by Gasteiger charge is 2.08. The molecule has 90 valence electrons. The number of rotatable bonds is 3. The Morgan fingerprint density at radius 2 is 2.28 bits per heavy atom. The number of hydrogen-bond donors (Lipinski definition) is 2. The Morgan fingerprint density at radius 3 is 3.11 bits per heavy atom. The number of oxazole rings is 1. The van der Waals surface area contributed by atoms with Crippen LogP contribution in [0.2, 0.25) is 0 Å². The molecule has 0 atom stereocenters. The maximum atomic E-state index is 10.6. The van der Waals surface area contributed by atoms with Crippen LogP contribution in [0.5, 0.6) is 0 Å². The molecule has 0 amide bonds. The first-order valence-electron chi connectivity index (χ1n) is 5.32. The fourth-order valence-electron chi connectivity index (χ4n) is 1.78. The van der Waals surface area contributed by atoms with E-state index in [0.717, 1.165) is 11.1 Å². The number of aliphatic carboxylic acids is 1. The van der Waals surface area contributed by atoms with E-state index in [2.05, 4.69) is 15.2 Å². The summed E-state index contributed by atoms with van der Waals surface area (Å²) in [6.45, 7) is 0. The van der Waals surface area contributed by atoms with Crippen molar-refractivity contribution in [2.45, 2.75) is 6.42 Å². The number of carboxylic acid groups (broad SMARTS) is 1.